The summed E-state index contributed by atoms with van der Waals surface area (Å²) in [5, 5.41) is 4.92. The van der Waals surface area contributed by atoms with Gasteiger partial charge in [-0.15, -0.1) is 11.3 Å². The molecule has 2 aliphatic heterocycles. The van der Waals surface area contributed by atoms with E-state index in [0.717, 1.165) is 43.2 Å². The maximum absolute atomic E-state index is 6.00. The van der Waals surface area contributed by atoms with E-state index in [2.05, 4.69) is 171 Å². The average Bonchev–Trinajstić information content (AvgIpc) is 4.08. The van der Waals surface area contributed by atoms with Crippen molar-refractivity contribution in [3.63, 3.8) is 0 Å². The SMILES string of the molecule is CC=C1COCC1=CC(C#Cc1sc(-c2sc(-c3cc(C)c(/C=C/C)s3)c3c2N=S=N3)cc1C)=C([C]#[Os])[P+](c1ccccc1)(c1ccccc1)c1ccccc1. The van der Waals surface area contributed by atoms with Gasteiger partial charge in [0, 0.05) is 4.88 Å². The monoisotopic (exact) mass is 996 g/mol. The Bertz CT molecular complexity index is 2670. The summed E-state index contributed by atoms with van der Waals surface area (Å²) < 4.78 is 19.4. The number of hydrogen-bond donors (Lipinski definition) is 0. The normalized spacial score (nSPS) is 15.5. The molecule has 5 heterocycles. The van der Waals surface area contributed by atoms with Crippen molar-refractivity contribution in [3.8, 4) is 35.7 Å². The van der Waals surface area contributed by atoms with Crippen molar-refractivity contribution in [2.24, 2.45) is 8.73 Å². The predicted octanol–water partition coefficient (Wildman–Crippen LogP) is 12.6. The van der Waals surface area contributed by atoms with Gasteiger partial charge >= 0.3 is 304 Å². The third kappa shape index (κ3) is 7.30. The van der Waals surface area contributed by atoms with Crippen LogP contribution in [0.25, 0.3) is 25.6 Å². The van der Waals surface area contributed by atoms with Crippen LogP contribution in [0.4, 0.5) is 11.4 Å². The average molecular weight is 995 g/mol. The van der Waals surface area contributed by atoms with Crippen molar-refractivity contribution in [1.29, 1.82) is 0 Å². The molecule has 3 aromatic carbocycles. The molecule has 277 valence electrons. The van der Waals surface area contributed by atoms with Crippen LogP contribution in [0.15, 0.2) is 152 Å². The number of ether oxygens (including phenoxy) is 1. The molecule has 9 heteroatoms. The van der Waals surface area contributed by atoms with E-state index in [1.807, 2.05) is 11.3 Å². The first kappa shape index (κ1) is 38.8. The summed E-state index contributed by atoms with van der Waals surface area (Å²) >= 11 is 8.41. The Labute approximate surface area is 355 Å². The molecule has 3 nitrogen and oxygen atoms in total. The van der Waals surface area contributed by atoms with E-state index in [9.17, 15) is 0 Å². The van der Waals surface area contributed by atoms with E-state index in [4.69, 9.17) is 13.5 Å². The van der Waals surface area contributed by atoms with E-state index >= 15 is 0 Å². The molecule has 0 amide bonds. The van der Waals surface area contributed by atoms with E-state index in [-0.39, 0.29) is 0 Å². The number of thiophene rings is 3. The Morgan fingerprint density at radius 1 is 0.732 bits per heavy atom. The number of rotatable bonds is 8. The van der Waals surface area contributed by atoms with Crippen molar-refractivity contribution in [3.05, 3.63) is 164 Å². The fourth-order valence-electron chi connectivity index (χ4n) is 7.06. The molecule has 1 saturated heterocycles. The number of fused-ring (bicyclic) bond motifs is 1. The van der Waals surface area contributed by atoms with Gasteiger partial charge < -0.3 is 0 Å². The van der Waals surface area contributed by atoms with Crippen LogP contribution in [0.1, 0.15) is 34.7 Å². The first-order valence-corrected chi connectivity index (χ1v) is 24.4. The van der Waals surface area contributed by atoms with Crippen molar-refractivity contribution < 1.29 is 22.7 Å². The second kappa shape index (κ2) is 17.2. The van der Waals surface area contributed by atoms with Crippen LogP contribution in [0.3, 0.4) is 0 Å². The Morgan fingerprint density at radius 3 is 1.84 bits per heavy atom. The van der Waals surface area contributed by atoms with Crippen molar-refractivity contribution in [2.75, 3.05) is 13.2 Å². The van der Waals surface area contributed by atoms with Crippen molar-refractivity contribution >= 4 is 86.0 Å². The molecule has 3 aromatic heterocycles. The van der Waals surface area contributed by atoms with E-state index in [0.29, 0.717) is 13.2 Å². The number of hydrogen-bond acceptors (Lipinski definition) is 6. The van der Waals surface area contributed by atoms with Gasteiger partial charge in [0.1, 0.15) is 0 Å². The summed E-state index contributed by atoms with van der Waals surface area (Å²) in [6.07, 6.45) is 8.73. The number of nitrogens with zero attached hydrogens (tertiary/aromatic N) is 2. The first-order chi connectivity index (χ1) is 27.5. The number of allylic oxidation sites excluding steroid dienone is 5. The molecule has 56 heavy (non-hydrogen) atoms. The molecule has 0 radical (unpaired) electrons. The Kier molecular flexibility index (Phi) is 11.9. The second-order valence-corrected chi connectivity index (χ2v) is 20.9. The van der Waals surface area contributed by atoms with E-state index in [1.54, 1.807) is 40.6 Å². The van der Waals surface area contributed by atoms with Gasteiger partial charge in [-0.05, 0) is 31.6 Å². The standard InChI is InChI=1S/C47H37N2OPS4.Os/c1-6-17-40-31(3)26-42(52-40)46-44-45(49-55-48-44)47(54-46)43-27-32(4)41(53-43)25-24-35(28-36-30-50-29-34(36)7-2)33(5)51(37-18-11-8-12-19-37,38-20-13-9-14-21-38)39-22-15-10-16-23-39;/h6-23,26-28H,29-30H2,1-4H3;/q+1;/b17-6+,34-7?,35-33?,36-28?;. The summed E-state index contributed by atoms with van der Waals surface area (Å²) in [6.45, 7) is 9.66. The third-order valence-corrected chi connectivity index (χ3v) is 19.6. The Morgan fingerprint density at radius 2 is 1.29 bits per heavy atom. The van der Waals surface area contributed by atoms with Crippen LogP contribution in [0.2, 0.25) is 0 Å². The molecule has 1 fully saturated rings. The Hall–Kier alpha value is -4.09. The van der Waals surface area contributed by atoms with E-state index in [1.165, 1.54) is 57.9 Å². The zero-order chi connectivity index (χ0) is 38.6. The van der Waals surface area contributed by atoms with Gasteiger partial charge in [0.2, 0.25) is 0 Å². The molecule has 0 bridgehead atoms. The molecule has 2 aliphatic rings. The van der Waals surface area contributed by atoms with Crippen LogP contribution in [0, 0.1) is 30.1 Å². The number of benzene rings is 3. The fourth-order valence-corrected chi connectivity index (χ4v) is 17.0. The molecule has 0 saturated carbocycles. The molecular weight excluding hydrogens is 958 g/mol. The van der Waals surface area contributed by atoms with Crippen LogP contribution in [0.5, 0.6) is 0 Å². The molecule has 0 unspecified atom stereocenters. The van der Waals surface area contributed by atoms with Crippen molar-refractivity contribution in [2.45, 2.75) is 27.7 Å². The molecule has 0 spiro atoms. The molecule has 0 atom stereocenters. The van der Waals surface area contributed by atoms with Crippen LogP contribution in [-0.4, -0.2) is 13.2 Å². The predicted molar refractivity (Wildman–Crippen MR) is 242 cm³/mol. The van der Waals surface area contributed by atoms with Gasteiger partial charge in [0.05, 0.1) is 0 Å². The summed E-state index contributed by atoms with van der Waals surface area (Å²) in [7, 11) is -2.48. The summed E-state index contributed by atoms with van der Waals surface area (Å²) in [6, 6.07) is 37.4. The van der Waals surface area contributed by atoms with Gasteiger partial charge in [0.15, 0.2) is 0 Å². The maximum atomic E-state index is 6.00. The van der Waals surface area contributed by atoms with Crippen LogP contribution < -0.4 is 15.9 Å². The minimum atomic E-state index is -2.48. The van der Waals surface area contributed by atoms with Gasteiger partial charge in [-0.3, -0.25) is 0 Å². The van der Waals surface area contributed by atoms with Gasteiger partial charge in [-0.1, -0.05) is 6.08 Å². The zero-order valence-electron chi connectivity index (χ0n) is 31.3. The number of aryl methyl sites for hydroxylation is 2. The second-order valence-electron chi connectivity index (χ2n) is 13.3. The summed E-state index contributed by atoms with van der Waals surface area (Å²) in [5.41, 5.74) is 7.72. The third-order valence-electron chi connectivity index (χ3n) is 9.77. The topological polar surface area (TPSA) is 34.0 Å². The van der Waals surface area contributed by atoms with Crippen LogP contribution >= 0.6 is 41.3 Å². The Balaban J connectivity index is 1.33. The van der Waals surface area contributed by atoms with Crippen molar-refractivity contribution in [1.82, 2.24) is 0 Å². The minimum absolute atomic E-state index is 0.554. The van der Waals surface area contributed by atoms with Gasteiger partial charge in [-0.25, -0.2) is 0 Å². The molecular formula is C47H37N2OOsPS4+. The zero-order valence-corrected chi connectivity index (χ0v) is 38.0. The summed E-state index contributed by atoms with van der Waals surface area (Å²) in [5.74, 6) is 7.50. The van der Waals surface area contributed by atoms with Gasteiger partial charge in [0.25, 0.3) is 0 Å². The molecule has 6 aromatic rings. The molecule has 0 N–H and O–H groups in total. The molecule has 8 rings (SSSR count). The van der Waals surface area contributed by atoms with Crippen LogP contribution in [-0.2, 0) is 34.0 Å². The summed E-state index contributed by atoms with van der Waals surface area (Å²) in [4.78, 5) is 7.06. The fraction of sp³-hybridized carbons (Fsp3) is 0.128. The van der Waals surface area contributed by atoms with Gasteiger partial charge in [-0.2, -0.15) is 0 Å². The quantitative estimate of drug-likeness (QED) is 0.110. The van der Waals surface area contributed by atoms with E-state index < -0.39 is 7.26 Å². The molecule has 0 aliphatic carbocycles. The first-order valence-electron chi connectivity index (χ1n) is 18.2.